The van der Waals surface area contributed by atoms with E-state index in [2.05, 4.69) is 51.9 Å². The van der Waals surface area contributed by atoms with Crippen LogP contribution in [0, 0.1) is 0 Å². The van der Waals surface area contributed by atoms with E-state index in [1.165, 1.54) is 19.3 Å². The van der Waals surface area contributed by atoms with Crippen LogP contribution in [0.25, 0.3) is 0 Å². The third-order valence-electron chi connectivity index (χ3n) is 4.33. The maximum absolute atomic E-state index is 6.12. The Morgan fingerprint density at radius 2 is 1.89 bits per heavy atom. The molecule has 0 bridgehead atoms. The van der Waals surface area contributed by atoms with Crippen molar-refractivity contribution in [3.8, 4) is 0 Å². The van der Waals surface area contributed by atoms with Crippen LogP contribution in [0.15, 0.2) is 0 Å². The summed E-state index contributed by atoms with van der Waals surface area (Å²) >= 11 is 0. The highest BCUT2D eigenvalue weighted by atomic mass is 16.5. The summed E-state index contributed by atoms with van der Waals surface area (Å²) in [6.07, 6.45) is 4.41. The molecule has 3 heteroatoms. The third-order valence-corrected chi connectivity index (χ3v) is 4.33. The van der Waals surface area contributed by atoms with Crippen molar-refractivity contribution in [2.75, 3.05) is 20.1 Å². The van der Waals surface area contributed by atoms with Gasteiger partial charge >= 0.3 is 0 Å². The van der Waals surface area contributed by atoms with Crippen LogP contribution in [0.4, 0.5) is 0 Å². The maximum Gasteiger partial charge on any atom is 0.0707 e. The predicted octanol–water partition coefficient (Wildman–Crippen LogP) is 2.65. The van der Waals surface area contributed by atoms with E-state index >= 15 is 0 Å². The van der Waals surface area contributed by atoms with Crippen molar-refractivity contribution in [2.45, 2.75) is 77.7 Å². The first-order chi connectivity index (χ1) is 8.35. The van der Waals surface area contributed by atoms with Crippen molar-refractivity contribution in [3.63, 3.8) is 0 Å². The molecule has 18 heavy (non-hydrogen) atoms. The molecule has 1 N–H and O–H groups in total. The van der Waals surface area contributed by atoms with Gasteiger partial charge in [-0.1, -0.05) is 20.8 Å². The maximum atomic E-state index is 6.12. The topological polar surface area (TPSA) is 24.5 Å². The van der Waals surface area contributed by atoms with Crippen molar-refractivity contribution >= 4 is 0 Å². The number of ether oxygens (including phenoxy) is 1. The molecule has 1 fully saturated rings. The van der Waals surface area contributed by atoms with Gasteiger partial charge < -0.3 is 10.1 Å². The Morgan fingerprint density at radius 3 is 2.44 bits per heavy atom. The summed E-state index contributed by atoms with van der Waals surface area (Å²) < 4.78 is 6.12. The van der Waals surface area contributed by atoms with Crippen LogP contribution in [0.5, 0.6) is 0 Å². The first-order valence-corrected chi connectivity index (χ1v) is 7.45. The molecule has 0 aromatic heterocycles. The minimum absolute atomic E-state index is 0.275. The fourth-order valence-corrected chi connectivity index (χ4v) is 2.25. The van der Waals surface area contributed by atoms with Crippen LogP contribution < -0.4 is 5.32 Å². The van der Waals surface area contributed by atoms with Crippen LogP contribution in [-0.2, 0) is 4.74 Å². The van der Waals surface area contributed by atoms with E-state index in [1.54, 1.807) is 0 Å². The second-order valence-electron chi connectivity index (χ2n) is 6.57. The number of likely N-dealkylation sites (N-methyl/N-ethyl adjacent to an activating group) is 1. The Morgan fingerprint density at radius 1 is 1.28 bits per heavy atom. The molecule has 1 aliphatic heterocycles. The molecule has 2 unspecified atom stereocenters. The van der Waals surface area contributed by atoms with Crippen molar-refractivity contribution in [2.24, 2.45) is 0 Å². The van der Waals surface area contributed by atoms with Gasteiger partial charge in [-0.15, -0.1) is 0 Å². The van der Waals surface area contributed by atoms with Crippen molar-refractivity contribution < 1.29 is 4.74 Å². The zero-order valence-electron chi connectivity index (χ0n) is 13.1. The van der Waals surface area contributed by atoms with Crippen molar-refractivity contribution in [1.82, 2.24) is 10.2 Å². The predicted molar refractivity (Wildman–Crippen MR) is 78.0 cm³/mol. The molecule has 1 rings (SSSR count). The van der Waals surface area contributed by atoms with E-state index in [0.29, 0.717) is 18.2 Å². The molecule has 108 valence electrons. The molecule has 0 aromatic carbocycles. The van der Waals surface area contributed by atoms with E-state index < -0.39 is 0 Å². The minimum atomic E-state index is 0.275. The summed E-state index contributed by atoms with van der Waals surface area (Å²) in [6, 6.07) is 0.550. The minimum Gasteiger partial charge on any atom is -0.372 e. The van der Waals surface area contributed by atoms with E-state index in [4.69, 9.17) is 4.74 Å². The van der Waals surface area contributed by atoms with Gasteiger partial charge in [-0.05, 0) is 40.2 Å². The first kappa shape index (κ1) is 15.9. The van der Waals surface area contributed by atoms with Gasteiger partial charge in [0.1, 0.15) is 0 Å². The first-order valence-electron chi connectivity index (χ1n) is 7.45. The van der Waals surface area contributed by atoms with Crippen LogP contribution in [0.2, 0.25) is 0 Å². The molecule has 0 radical (unpaired) electrons. The number of rotatable bonds is 7. The normalized spacial score (nSPS) is 25.3. The highest BCUT2D eigenvalue weighted by Gasteiger charge is 2.29. The molecule has 0 spiro atoms. The molecule has 1 saturated heterocycles. The van der Waals surface area contributed by atoms with Gasteiger partial charge in [0.15, 0.2) is 0 Å². The Kier molecular flexibility index (Phi) is 6.09. The highest BCUT2D eigenvalue weighted by molar-refractivity contribution is 4.83. The molecule has 0 aliphatic carbocycles. The SMILES string of the molecule is CCC(C)(C)N(C)CC1CCC(CNC(C)C)O1. The Balaban J connectivity index is 2.30. The number of hydrogen-bond acceptors (Lipinski definition) is 3. The lowest BCUT2D eigenvalue weighted by molar-refractivity contribution is 0.00741. The zero-order chi connectivity index (χ0) is 13.8. The molecular weight excluding hydrogens is 224 g/mol. The second-order valence-corrected chi connectivity index (χ2v) is 6.57. The summed E-state index contributed by atoms with van der Waals surface area (Å²) in [5.74, 6) is 0. The quantitative estimate of drug-likeness (QED) is 0.758. The number of nitrogens with one attached hydrogen (secondary N) is 1. The zero-order valence-corrected chi connectivity index (χ0v) is 13.1. The lowest BCUT2D eigenvalue weighted by Gasteiger charge is -2.36. The summed E-state index contributed by atoms with van der Waals surface area (Å²) in [6.45, 7) is 13.3. The fraction of sp³-hybridized carbons (Fsp3) is 1.00. The summed E-state index contributed by atoms with van der Waals surface area (Å²) in [5, 5.41) is 3.46. The molecule has 1 aliphatic rings. The van der Waals surface area contributed by atoms with Crippen LogP contribution in [0.1, 0.15) is 53.9 Å². The van der Waals surface area contributed by atoms with Crippen molar-refractivity contribution in [1.29, 1.82) is 0 Å². The van der Waals surface area contributed by atoms with Gasteiger partial charge in [-0.2, -0.15) is 0 Å². The number of hydrogen-bond donors (Lipinski definition) is 1. The molecule has 0 aromatic rings. The molecule has 3 nitrogen and oxygen atoms in total. The average molecular weight is 256 g/mol. The van der Waals surface area contributed by atoms with Gasteiger partial charge in [0.25, 0.3) is 0 Å². The fourth-order valence-electron chi connectivity index (χ4n) is 2.25. The summed E-state index contributed by atoms with van der Waals surface area (Å²) in [5.41, 5.74) is 0.275. The summed E-state index contributed by atoms with van der Waals surface area (Å²) in [4.78, 5) is 2.44. The van der Waals surface area contributed by atoms with E-state index in [9.17, 15) is 0 Å². The molecule has 0 amide bonds. The second kappa shape index (κ2) is 6.88. The smallest absolute Gasteiger partial charge is 0.0707 e. The van der Waals surface area contributed by atoms with Crippen molar-refractivity contribution in [3.05, 3.63) is 0 Å². The summed E-state index contributed by atoms with van der Waals surface area (Å²) in [7, 11) is 2.21. The van der Waals surface area contributed by atoms with Gasteiger partial charge in [-0.25, -0.2) is 0 Å². The van der Waals surface area contributed by atoms with Crippen LogP contribution in [-0.4, -0.2) is 48.8 Å². The van der Waals surface area contributed by atoms with E-state index in [-0.39, 0.29) is 5.54 Å². The van der Waals surface area contributed by atoms with E-state index in [1.807, 2.05) is 0 Å². The largest absolute Gasteiger partial charge is 0.372 e. The Labute approximate surface area is 113 Å². The Hall–Kier alpha value is -0.120. The standard InChI is InChI=1S/C15H32N2O/c1-7-15(4,5)17(6)11-14-9-8-13(18-14)10-16-12(2)3/h12-14,16H,7-11H2,1-6H3. The van der Waals surface area contributed by atoms with E-state index in [0.717, 1.165) is 13.1 Å². The molecule has 0 saturated carbocycles. The molecular formula is C15H32N2O. The highest BCUT2D eigenvalue weighted by Crippen LogP contribution is 2.23. The Bertz CT molecular complexity index is 241. The monoisotopic (exact) mass is 256 g/mol. The molecule has 1 heterocycles. The third kappa shape index (κ3) is 4.87. The van der Waals surface area contributed by atoms with Gasteiger partial charge in [0.05, 0.1) is 12.2 Å². The molecule has 2 atom stereocenters. The van der Waals surface area contributed by atoms with Gasteiger partial charge in [-0.3, -0.25) is 4.90 Å². The van der Waals surface area contributed by atoms with Gasteiger partial charge in [0, 0.05) is 24.7 Å². The van der Waals surface area contributed by atoms with Crippen LogP contribution >= 0.6 is 0 Å². The lowest BCUT2D eigenvalue weighted by atomic mass is 9.99. The number of nitrogens with zero attached hydrogens (tertiary/aromatic N) is 1. The lowest BCUT2D eigenvalue weighted by Crippen LogP contribution is -2.44. The average Bonchev–Trinajstić information content (AvgIpc) is 2.74. The van der Waals surface area contributed by atoms with Gasteiger partial charge in [0.2, 0.25) is 0 Å². The van der Waals surface area contributed by atoms with Crippen LogP contribution in [0.3, 0.4) is 0 Å².